The van der Waals surface area contributed by atoms with Crippen LogP contribution in [0.1, 0.15) is 28.8 Å². The zero-order valence-corrected chi connectivity index (χ0v) is 12.4. The Bertz CT molecular complexity index is 618. The van der Waals surface area contributed by atoms with Gasteiger partial charge in [-0.2, -0.15) is 0 Å². The van der Waals surface area contributed by atoms with Gasteiger partial charge in [0.1, 0.15) is 11.5 Å². The third-order valence-corrected chi connectivity index (χ3v) is 3.01. The Morgan fingerprint density at radius 1 is 1.29 bits per heavy atom. The molecule has 5 nitrogen and oxygen atoms in total. The van der Waals surface area contributed by atoms with Crippen LogP contribution in [0, 0.1) is 6.92 Å². The summed E-state index contributed by atoms with van der Waals surface area (Å²) in [5.41, 5.74) is 2.08. The largest absolute Gasteiger partial charge is 0.494 e. The van der Waals surface area contributed by atoms with Gasteiger partial charge in [0.2, 0.25) is 5.76 Å². The van der Waals surface area contributed by atoms with Crippen molar-refractivity contribution >= 4 is 11.7 Å². The minimum atomic E-state index is -0.474. The Morgan fingerprint density at radius 2 is 2.10 bits per heavy atom. The molecule has 2 rings (SSSR count). The van der Waals surface area contributed by atoms with Crippen molar-refractivity contribution in [2.45, 2.75) is 20.4 Å². The summed E-state index contributed by atoms with van der Waals surface area (Å²) in [5, 5.41) is 3.27. The van der Waals surface area contributed by atoms with Crippen molar-refractivity contribution in [2.24, 2.45) is 0 Å². The van der Waals surface area contributed by atoms with Crippen molar-refractivity contribution in [1.82, 2.24) is 0 Å². The SMILES string of the molecule is CCOc1ccc(NCc2ccc(C(=O)OC)o2)c(C)c1. The lowest BCUT2D eigenvalue weighted by Gasteiger charge is -2.10. The fourth-order valence-corrected chi connectivity index (χ4v) is 1.96. The number of anilines is 1. The number of carbonyl (C=O) groups excluding carboxylic acids is 1. The number of rotatable bonds is 6. The van der Waals surface area contributed by atoms with E-state index in [1.807, 2.05) is 32.0 Å². The van der Waals surface area contributed by atoms with E-state index in [4.69, 9.17) is 9.15 Å². The summed E-state index contributed by atoms with van der Waals surface area (Å²) in [4.78, 5) is 11.3. The molecule has 1 heterocycles. The number of furan rings is 1. The number of esters is 1. The van der Waals surface area contributed by atoms with Gasteiger partial charge < -0.3 is 19.2 Å². The highest BCUT2D eigenvalue weighted by molar-refractivity contribution is 5.86. The van der Waals surface area contributed by atoms with Crippen LogP contribution >= 0.6 is 0 Å². The van der Waals surface area contributed by atoms with E-state index in [-0.39, 0.29) is 5.76 Å². The molecule has 112 valence electrons. The van der Waals surface area contributed by atoms with Crippen LogP contribution in [-0.2, 0) is 11.3 Å². The average Bonchev–Trinajstić information content (AvgIpc) is 2.95. The number of methoxy groups -OCH3 is 1. The lowest BCUT2D eigenvalue weighted by Crippen LogP contribution is -2.01. The standard InChI is InChI=1S/C16H19NO4/c1-4-20-12-5-7-14(11(2)9-12)17-10-13-6-8-15(21-13)16(18)19-3/h5-9,17H,4,10H2,1-3H3. The van der Waals surface area contributed by atoms with Gasteiger partial charge in [-0.3, -0.25) is 0 Å². The molecule has 0 spiro atoms. The predicted octanol–water partition coefficient (Wildman–Crippen LogP) is 3.39. The predicted molar refractivity (Wildman–Crippen MR) is 79.7 cm³/mol. The molecule has 1 aromatic carbocycles. The van der Waals surface area contributed by atoms with Crippen molar-refractivity contribution in [2.75, 3.05) is 19.0 Å². The summed E-state index contributed by atoms with van der Waals surface area (Å²) in [5.74, 6) is 1.26. The Labute approximate surface area is 123 Å². The average molecular weight is 289 g/mol. The molecule has 0 amide bonds. The third kappa shape index (κ3) is 3.78. The van der Waals surface area contributed by atoms with Crippen LogP contribution in [0.25, 0.3) is 0 Å². The Morgan fingerprint density at radius 3 is 2.76 bits per heavy atom. The van der Waals surface area contributed by atoms with Crippen LogP contribution < -0.4 is 10.1 Å². The second-order valence-electron chi connectivity index (χ2n) is 4.52. The van der Waals surface area contributed by atoms with Crippen LogP contribution in [0.15, 0.2) is 34.7 Å². The molecular formula is C16H19NO4. The Kier molecular flexibility index (Phi) is 4.87. The molecule has 0 saturated carbocycles. The molecule has 0 atom stereocenters. The molecule has 5 heteroatoms. The van der Waals surface area contributed by atoms with E-state index in [2.05, 4.69) is 10.1 Å². The molecule has 2 aromatic rings. The van der Waals surface area contributed by atoms with E-state index in [0.29, 0.717) is 18.9 Å². The van der Waals surface area contributed by atoms with Crippen LogP contribution in [0.2, 0.25) is 0 Å². The first-order chi connectivity index (χ1) is 10.1. The Hall–Kier alpha value is -2.43. The van der Waals surface area contributed by atoms with Crippen LogP contribution in [0.4, 0.5) is 5.69 Å². The quantitative estimate of drug-likeness (QED) is 0.826. The summed E-state index contributed by atoms with van der Waals surface area (Å²) < 4.78 is 15.4. The number of nitrogens with one attached hydrogen (secondary N) is 1. The first-order valence-corrected chi connectivity index (χ1v) is 6.78. The molecule has 0 unspecified atom stereocenters. The smallest absolute Gasteiger partial charge is 0.373 e. The van der Waals surface area contributed by atoms with Crippen LogP contribution in [-0.4, -0.2) is 19.7 Å². The number of carbonyl (C=O) groups is 1. The van der Waals surface area contributed by atoms with Gasteiger partial charge in [-0.05, 0) is 49.7 Å². The maximum atomic E-state index is 11.3. The summed E-state index contributed by atoms with van der Waals surface area (Å²) >= 11 is 0. The zero-order chi connectivity index (χ0) is 15.2. The lowest BCUT2D eigenvalue weighted by molar-refractivity contribution is 0.0563. The molecule has 0 aliphatic heterocycles. The molecule has 0 aliphatic carbocycles. The highest BCUT2D eigenvalue weighted by Gasteiger charge is 2.11. The monoisotopic (exact) mass is 289 g/mol. The molecule has 0 saturated heterocycles. The molecule has 0 aliphatic rings. The molecule has 1 aromatic heterocycles. The van der Waals surface area contributed by atoms with Gasteiger partial charge in [0, 0.05) is 5.69 Å². The molecule has 1 N–H and O–H groups in total. The van der Waals surface area contributed by atoms with E-state index in [9.17, 15) is 4.79 Å². The summed E-state index contributed by atoms with van der Waals surface area (Å²) in [6.07, 6.45) is 0. The number of aryl methyl sites for hydroxylation is 1. The van der Waals surface area contributed by atoms with Gasteiger partial charge in [0.15, 0.2) is 0 Å². The Balaban J connectivity index is 1.99. The number of hydrogen-bond donors (Lipinski definition) is 1. The minimum Gasteiger partial charge on any atom is -0.494 e. The van der Waals surface area contributed by atoms with Gasteiger partial charge in [-0.15, -0.1) is 0 Å². The van der Waals surface area contributed by atoms with E-state index >= 15 is 0 Å². The van der Waals surface area contributed by atoms with Gasteiger partial charge in [-0.1, -0.05) is 0 Å². The van der Waals surface area contributed by atoms with E-state index in [0.717, 1.165) is 17.0 Å². The fourth-order valence-electron chi connectivity index (χ4n) is 1.96. The first-order valence-electron chi connectivity index (χ1n) is 6.78. The summed E-state index contributed by atoms with van der Waals surface area (Å²) in [7, 11) is 1.33. The molecule has 0 bridgehead atoms. The highest BCUT2D eigenvalue weighted by Crippen LogP contribution is 2.22. The number of ether oxygens (including phenoxy) is 2. The summed E-state index contributed by atoms with van der Waals surface area (Å²) in [6.45, 7) is 5.10. The minimum absolute atomic E-state index is 0.206. The summed E-state index contributed by atoms with van der Waals surface area (Å²) in [6, 6.07) is 9.22. The maximum absolute atomic E-state index is 11.3. The molecule has 21 heavy (non-hydrogen) atoms. The van der Waals surface area contributed by atoms with Crippen LogP contribution in [0.5, 0.6) is 5.75 Å². The van der Waals surface area contributed by atoms with Crippen molar-refractivity contribution in [3.63, 3.8) is 0 Å². The first kappa shape index (κ1) is 15.0. The maximum Gasteiger partial charge on any atom is 0.373 e. The van der Waals surface area contributed by atoms with Gasteiger partial charge in [0.25, 0.3) is 0 Å². The van der Waals surface area contributed by atoms with Crippen molar-refractivity contribution < 1.29 is 18.7 Å². The van der Waals surface area contributed by atoms with E-state index < -0.39 is 5.97 Å². The van der Waals surface area contributed by atoms with Crippen molar-refractivity contribution in [3.05, 3.63) is 47.4 Å². The molecule has 0 fully saturated rings. The fraction of sp³-hybridized carbons (Fsp3) is 0.312. The number of benzene rings is 1. The van der Waals surface area contributed by atoms with E-state index in [1.54, 1.807) is 12.1 Å². The molecular weight excluding hydrogens is 270 g/mol. The molecule has 0 radical (unpaired) electrons. The number of hydrogen-bond acceptors (Lipinski definition) is 5. The zero-order valence-electron chi connectivity index (χ0n) is 12.4. The van der Waals surface area contributed by atoms with Crippen molar-refractivity contribution in [3.8, 4) is 5.75 Å². The van der Waals surface area contributed by atoms with Gasteiger partial charge in [-0.25, -0.2) is 4.79 Å². The lowest BCUT2D eigenvalue weighted by atomic mass is 10.2. The normalized spacial score (nSPS) is 10.2. The van der Waals surface area contributed by atoms with Gasteiger partial charge >= 0.3 is 5.97 Å². The van der Waals surface area contributed by atoms with E-state index in [1.165, 1.54) is 7.11 Å². The van der Waals surface area contributed by atoms with Gasteiger partial charge in [0.05, 0.1) is 20.3 Å². The van der Waals surface area contributed by atoms with Crippen molar-refractivity contribution in [1.29, 1.82) is 0 Å². The highest BCUT2D eigenvalue weighted by atomic mass is 16.5. The second kappa shape index (κ2) is 6.83. The topological polar surface area (TPSA) is 60.7 Å². The second-order valence-corrected chi connectivity index (χ2v) is 4.52. The van der Waals surface area contributed by atoms with Crippen LogP contribution in [0.3, 0.4) is 0 Å². The third-order valence-electron chi connectivity index (χ3n) is 3.01.